The quantitative estimate of drug-likeness (QED) is 0.469. The molecule has 0 saturated carbocycles. The van der Waals surface area contributed by atoms with Gasteiger partial charge >= 0.3 is 5.54 Å². The molecule has 0 nitrogen and oxygen atoms in total. The normalized spacial score (nSPS) is 10.9. The van der Waals surface area contributed by atoms with Gasteiger partial charge in [-0.1, -0.05) is 25.4 Å². The molecule has 0 atom stereocenters. The summed E-state index contributed by atoms with van der Waals surface area (Å²) < 4.78 is 0. The van der Waals surface area contributed by atoms with Gasteiger partial charge in [-0.25, -0.2) is 0 Å². The molecule has 0 radical (unpaired) electrons. The van der Waals surface area contributed by atoms with Crippen molar-refractivity contribution in [2.45, 2.75) is 20.3 Å². The molecule has 0 amide bonds. The van der Waals surface area contributed by atoms with Crippen molar-refractivity contribution in [3.05, 3.63) is 24.7 Å². The molecule has 0 aliphatic heterocycles. The van der Waals surface area contributed by atoms with Gasteiger partial charge in [-0.15, -0.1) is 13.2 Å². The van der Waals surface area contributed by atoms with Crippen LogP contribution < -0.4 is 0 Å². The lowest BCUT2D eigenvalue weighted by molar-refractivity contribution is 0.477. The van der Waals surface area contributed by atoms with Crippen molar-refractivity contribution in [2.75, 3.05) is 0 Å². The van der Waals surface area contributed by atoms with Gasteiger partial charge in [0.25, 0.3) is 0 Å². The zero-order chi connectivity index (χ0) is 9.07. The minimum atomic E-state index is -0.482. The van der Waals surface area contributed by atoms with Crippen LogP contribution in [-0.2, 0) is 0 Å². The summed E-state index contributed by atoms with van der Waals surface area (Å²) in [6, 6.07) is 0. The first-order valence-corrected chi connectivity index (χ1v) is 4.37. The van der Waals surface area contributed by atoms with Gasteiger partial charge in [0, 0.05) is 0 Å². The first-order valence-electron chi connectivity index (χ1n) is 3.50. The van der Waals surface area contributed by atoms with Gasteiger partial charge in [0.2, 0.25) is 0 Å². The van der Waals surface area contributed by atoms with E-state index in [0.29, 0.717) is 0 Å². The summed E-state index contributed by atoms with van der Waals surface area (Å²) in [5.41, 5.74) is 0.321. The van der Waals surface area contributed by atoms with E-state index >= 15 is 0 Å². The van der Waals surface area contributed by atoms with Crippen LogP contribution in [0.4, 0.5) is 0 Å². The Morgan fingerprint density at radius 2 is 2.00 bits per heavy atom. The fraction of sp³-hybridized carbons (Fsp3) is 0.500. The molecule has 3 heteroatoms. The Morgan fingerprint density at radius 3 is 2.27 bits per heavy atom. The van der Waals surface area contributed by atoms with Crippen LogP contribution >= 0.6 is 22.9 Å². The molecule has 0 rings (SSSR count). The van der Waals surface area contributed by atoms with Crippen LogP contribution in [0.2, 0.25) is 0 Å². The Balaban J connectivity index is 4.28. The number of hydrogen-bond donors (Lipinski definition) is 0. The maximum Gasteiger partial charge on any atom is 0.378 e. The van der Waals surface area contributed by atoms with E-state index in [4.69, 9.17) is 22.9 Å². The topological polar surface area (TPSA) is 0 Å². The maximum absolute atomic E-state index is 5.68. The highest BCUT2D eigenvalue weighted by Gasteiger charge is 2.26. The molecule has 0 fully saturated rings. The third-order valence-electron chi connectivity index (χ3n) is 1.79. The Bertz CT molecular complexity index is 161. The van der Waals surface area contributed by atoms with Crippen molar-refractivity contribution >= 4 is 28.5 Å². The van der Waals surface area contributed by atoms with Gasteiger partial charge in [0.1, 0.15) is 0 Å². The summed E-state index contributed by atoms with van der Waals surface area (Å²) in [5, 5.41) is 0. The van der Waals surface area contributed by atoms with Gasteiger partial charge in [-0.3, -0.25) is 0 Å². The largest absolute Gasteiger partial charge is 0.378 e. The minimum Gasteiger partial charge on any atom is -0.165 e. The van der Waals surface area contributed by atoms with Crippen molar-refractivity contribution < 1.29 is 0 Å². The van der Waals surface area contributed by atoms with Gasteiger partial charge < -0.3 is 0 Å². The Labute approximate surface area is 79.2 Å². The number of halogens is 2. The Kier molecular flexibility index (Phi) is 4.27. The van der Waals surface area contributed by atoms with Crippen LogP contribution in [0.5, 0.6) is 0 Å². The molecular weight excluding hydrogens is 178 g/mol. The Hall–Kier alpha value is 0.125. The van der Waals surface area contributed by atoms with Crippen molar-refractivity contribution in [1.82, 2.24) is 0 Å². The van der Waals surface area contributed by atoms with Gasteiger partial charge in [0.15, 0.2) is 0 Å². The summed E-state index contributed by atoms with van der Waals surface area (Å²) >= 11 is 11.4. The van der Waals surface area contributed by atoms with Crippen LogP contribution in [-0.4, -0.2) is 5.54 Å². The predicted molar refractivity (Wildman–Crippen MR) is 55.2 cm³/mol. The van der Waals surface area contributed by atoms with Crippen LogP contribution in [0.15, 0.2) is 24.7 Å². The van der Waals surface area contributed by atoms with E-state index < -0.39 is 5.54 Å². The standard InChI is InChI=1S/C8H13BCl2/c1-5-6-8(3,4)7(2)9(10)11/h5H,1-2,6H2,3-4H3. The molecule has 0 bridgehead atoms. The van der Waals surface area contributed by atoms with Crippen LogP contribution in [0, 0.1) is 5.41 Å². The number of hydrogen-bond acceptors (Lipinski definition) is 0. The lowest BCUT2D eigenvalue weighted by Gasteiger charge is -2.25. The molecule has 0 aliphatic carbocycles. The third kappa shape index (κ3) is 3.35. The first-order chi connectivity index (χ1) is 4.91. The summed E-state index contributed by atoms with van der Waals surface area (Å²) in [4.78, 5) is 0. The molecule has 0 aliphatic rings. The van der Waals surface area contributed by atoms with Gasteiger partial charge in [-0.2, -0.15) is 22.9 Å². The molecule has 62 valence electrons. The molecule has 0 aromatic heterocycles. The second-order valence-electron chi connectivity index (χ2n) is 3.20. The average Bonchev–Trinajstić information content (AvgIpc) is 1.86. The lowest BCUT2D eigenvalue weighted by Crippen LogP contribution is -2.19. The van der Waals surface area contributed by atoms with E-state index in [9.17, 15) is 0 Å². The fourth-order valence-electron chi connectivity index (χ4n) is 0.787. The molecule has 0 aromatic rings. The number of rotatable bonds is 4. The van der Waals surface area contributed by atoms with E-state index in [2.05, 4.69) is 27.0 Å². The smallest absolute Gasteiger partial charge is 0.165 e. The van der Waals surface area contributed by atoms with Crippen molar-refractivity contribution in [3.63, 3.8) is 0 Å². The molecule has 0 saturated heterocycles. The van der Waals surface area contributed by atoms with Crippen LogP contribution in [0.1, 0.15) is 20.3 Å². The highest BCUT2D eigenvalue weighted by atomic mass is 35.5. The van der Waals surface area contributed by atoms with Crippen LogP contribution in [0.3, 0.4) is 0 Å². The van der Waals surface area contributed by atoms with Crippen molar-refractivity contribution in [1.29, 1.82) is 0 Å². The van der Waals surface area contributed by atoms with Gasteiger partial charge in [-0.05, 0) is 11.8 Å². The molecule has 0 aromatic carbocycles. The molecule has 0 heterocycles. The van der Waals surface area contributed by atoms with Crippen molar-refractivity contribution in [2.24, 2.45) is 5.41 Å². The van der Waals surface area contributed by atoms with Crippen molar-refractivity contribution in [3.8, 4) is 0 Å². The Morgan fingerprint density at radius 1 is 1.55 bits per heavy atom. The average molecular weight is 191 g/mol. The van der Waals surface area contributed by atoms with E-state index in [1.807, 2.05) is 6.08 Å². The summed E-state index contributed by atoms with van der Waals surface area (Å²) in [7, 11) is 0. The SMILES string of the molecule is C=CCC(C)(C)C(=C)B(Cl)Cl. The van der Waals surface area contributed by atoms with Gasteiger partial charge in [0.05, 0.1) is 0 Å². The van der Waals surface area contributed by atoms with E-state index in [1.54, 1.807) is 0 Å². The summed E-state index contributed by atoms with van der Waals surface area (Å²) in [6.45, 7) is 11.6. The highest BCUT2D eigenvalue weighted by Crippen LogP contribution is 2.32. The molecule has 0 N–H and O–H groups in total. The summed E-state index contributed by atoms with van der Waals surface area (Å²) in [5.74, 6) is 0. The third-order valence-corrected chi connectivity index (χ3v) is 2.31. The highest BCUT2D eigenvalue weighted by molar-refractivity contribution is 7.37. The van der Waals surface area contributed by atoms with E-state index in [1.165, 1.54) is 0 Å². The number of allylic oxidation sites excluding steroid dienone is 2. The summed E-state index contributed by atoms with van der Waals surface area (Å²) in [6.07, 6.45) is 2.70. The zero-order valence-electron chi connectivity index (χ0n) is 7.03. The van der Waals surface area contributed by atoms with E-state index in [-0.39, 0.29) is 5.41 Å². The monoisotopic (exact) mass is 190 g/mol. The maximum atomic E-state index is 5.68. The van der Waals surface area contributed by atoms with Crippen LogP contribution in [0.25, 0.3) is 0 Å². The minimum absolute atomic E-state index is 0.0457. The molecule has 0 spiro atoms. The molecule has 11 heavy (non-hydrogen) atoms. The second-order valence-corrected chi connectivity index (χ2v) is 4.30. The predicted octanol–water partition coefficient (Wildman–Crippen LogP) is 3.65. The van der Waals surface area contributed by atoms with E-state index in [0.717, 1.165) is 11.9 Å². The fourth-order valence-corrected chi connectivity index (χ4v) is 1.38. The lowest BCUT2D eigenvalue weighted by atomic mass is 9.71. The first kappa shape index (κ1) is 11.1. The zero-order valence-corrected chi connectivity index (χ0v) is 8.54. The molecule has 0 unspecified atom stereocenters. The molecular formula is C8H13BCl2. The second kappa shape index (κ2) is 4.23.